The van der Waals surface area contributed by atoms with Crippen molar-refractivity contribution in [2.45, 2.75) is 0 Å². The molecular weight excluding hydrogens is 335 g/mol. The van der Waals surface area contributed by atoms with Crippen molar-refractivity contribution in [1.29, 1.82) is 0 Å². The summed E-state index contributed by atoms with van der Waals surface area (Å²) in [6.45, 7) is 0.164. The molecule has 0 aliphatic rings. The molecule has 0 atom stereocenters. The summed E-state index contributed by atoms with van der Waals surface area (Å²) in [6.07, 6.45) is 5.11. The van der Waals surface area contributed by atoms with Gasteiger partial charge in [-0.1, -0.05) is 5.92 Å². The van der Waals surface area contributed by atoms with Crippen LogP contribution in [0, 0.1) is 26.0 Å². The first-order valence-electron chi connectivity index (χ1n) is 4.60. The van der Waals surface area contributed by atoms with Gasteiger partial charge in [-0.25, -0.2) is 0 Å². The molecule has 5 nitrogen and oxygen atoms in total. The summed E-state index contributed by atoms with van der Waals surface area (Å²) in [7, 11) is 1.55. The van der Waals surface area contributed by atoms with E-state index >= 15 is 0 Å². The van der Waals surface area contributed by atoms with Crippen LogP contribution in [-0.2, 0) is 0 Å². The summed E-state index contributed by atoms with van der Waals surface area (Å²) in [4.78, 5) is 23.4. The maximum Gasteiger partial charge on any atom is 0.270 e. The fourth-order valence-electron chi connectivity index (χ4n) is 1.21. The number of amides is 1. The molecule has 0 saturated carbocycles. The molecule has 0 bridgehead atoms. The molecule has 1 aromatic rings. The van der Waals surface area contributed by atoms with Gasteiger partial charge < -0.3 is 4.90 Å². The first-order valence-corrected chi connectivity index (χ1v) is 5.68. The Hall–Kier alpha value is -1.62. The second-order valence-electron chi connectivity index (χ2n) is 3.29. The minimum absolute atomic E-state index is 0.108. The van der Waals surface area contributed by atoms with E-state index in [9.17, 15) is 14.9 Å². The van der Waals surface area contributed by atoms with Crippen LogP contribution < -0.4 is 0 Å². The zero-order chi connectivity index (χ0) is 13.0. The Morgan fingerprint density at radius 2 is 2.29 bits per heavy atom. The van der Waals surface area contributed by atoms with Crippen molar-refractivity contribution in [3.63, 3.8) is 0 Å². The van der Waals surface area contributed by atoms with Gasteiger partial charge in [0.15, 0.2) is 0 Å². The summed E-state index contributed by atoms with van der Waals surface area (Å²) >= 11 is 1.96. The first-order chi connectivity index (χ1) is 7.97. The Labute approximate surface area is 112 Å². The standard InChI is InChI=1S/C11H9IN2O3/c1-3-6-13(2)11(15)9-7-8(14(16)17)4-5-10(9)12/h1,4-5,7H,6H2,2H3. The van der Waals surface area contributed by atoms with Gasteiger partial charge in [-0.3, -0.25) is 14.9 Å². The lowest BCUT2D eigenvalue weighted by Crippen LogP contribution is -2.27. The van der Waals surface area contributed by atoms with Gasteiger partial charge in [0, 0.05) is 22.8 Å². The molecule has 0 N–H and O–H groups in total. The largest absolute Gasteiger partial charge is 0.331 e. The average Bonchev–Trinajstić information content (AvgIpc) is 2.28. The zero-order valence-corrected chi connectivity index (χ0v) is 11.2. The molecule has 88 valence electrons. The predicted octanol–water partition coefficient (Wildman–Crippen LogP) is 1.90. The van der Waals surface area contributed by atoms with Crippen molar-refractivity contribution in [3.8, 4) is 12.3 Å². The van der Waals surface area contributed by atoms with Crippen molar-refractivity contribution in [2.75, 3.05) is 13.6 Å². The quantitative estimate of drug-likeness (QED) is 0.364. The molecule has 0 fully saturated rings. The fourth-order valence-corrected chi connectivity index (χ4v) is 1.77. The van der Waals surface area contributed by atoms with Gasteiger partial charge in [0.1, 0.15) is 0 Å². The van der Waals surface area contributed by atoms with E-state index in [2.05, 4.69) is 5.92 Å². The van der Waals surface area contributed by atoms with E-state index in [0.29, 0.717) is 3.57 Å². The van der Waals surface area contributed by atoms with E-state index in [1.807, 2.05) is 22.6 Å². The van der Waals surface area contributed by atoms with Crippen LogP contribution in [0.15, 0.2) is 18.2 Å². The monoisotopic (exact) mass is 344 g/mol. The zero-order valence-electron chi connectivity index (χ0n) is 9.01. The van der Waals surface area contributed by atoms with Crippen LogP contribution in [0.5, 0.6) is 0 Å². The lowest BCUT2D eigenvalue weighted by atomic mass is 10.2. The van der Waals surface area contributed by atoms with Gasteiger partial charge in [0.25, 0.3) is 11.6 Å². The van der Waals surface area contributed by atoms with E-state index in [1.54, 1.807) is 7.05 Å². The number of halogens is 1. The van der Waals surface area contributed by atoms with Crippen LogP contribution in [0.3, 0.4) is 0 Å². The smallest absolute Gasteiger partial charge is 0.270 e. The molecule has 0 aliphatic heterocycles. The Kier molecular flexibility index (Phi) is 4.45. The van der Waals surface area contributed by atoms with Crippen molar-refractivity contribution >= 4 is 34.2 Å². The van der Waals surface area contributed by atoms with E-state index in [1.165, 1.54) is 23.1 Å². The minimum atomic E-state index is -0.534. The average molecular weight is 344 g/mol. The predicted molar refractivity (Wildman–Crippen MR) is 71.6 cm³/mol. The van der Waals surface area contributed by atoms with Crippen LogP contribution in [0.1, 0.15) is 10.4 Å². The number of nitro groups is 1. The summed E-state index contributed by atoms with van der Waals surface area (Å²) < 4.78 is 0.655. The number of hydrogen-bond acceptors (Lipinski definition) is 3. The molecule has 0 unspecified atom stereocenters. The van der Waals surface area contributed by atoms with Crippen LogP contribution >= 0.6 is 22.6 Å². The lowest BCUT2D eigenvalue weighted by Gasteiger charge is -2.14. The summed E-state index contributed by atoms with van der Waals surface area (Å²) in [5, 5.41) is 10.6. The van der Waals surface area contributed by atoms with Gasteiger partial charge in [-0.15, -0.1) is 6.42 Å². The molecule has 1 aromatic carbocycles. The third-order valence-electron chi connectivity index (χ3n) is 2.07. The van der Waals surface area contributed by atoms with Gasteiger partial charge in [0.05, 0.1) is 17.0 Å². The Balaban J connectivity index is 3.13. The van der Waals surface area contributed by atoms with E-state index in [4.69, 9.17) is 6.42 Å². The molecule has 0 radical (unpaired) electrons. The molecule has 0 aromatic heterocycles. The van der Waals surface area contributed by atoms with E-state index in [-0.39, 0.29) is 23.7 Å². The van der Waals surface area contributed by atoms with Crippen LogP contribution in [-0.4, -0.2) is 29.3 Å². The highest BCUT2D eigenvalue weighted by atomic mass is 127. The third-order valence-corrected chi connectivity index (χ3v) is 3.01. The minimum Gasteiger partial charge on any atom is -0.331 e. The Bertz CT molecular complexity index is 508. The highest BCUT2D eigenvalue weighted by Crippen LogP contribution is 2.20. The number of terminal acetylenes is 1. The summed E-state index contributed by atoms with van der Waals surface area (Å²) in [5.41, 5.74) is 0.181. The molecule has 0 spiro atoms. The summed E-state index contributed by atoms with van der Waals surface area (Å²) in [6, 6.07) is 4.16. The number of carbonyl (C=O) groups excluding carboxylic acids is 1. The second kappa shape index (κ2) is 5.63. The number of nitro benzene ring substituents is 1. The molecule has 0 saturated heterocycles. The van der Waals surface area contributed by atoms with Crippen molar-refractivity contribution in [3.05, 3.63) is 37.4 Å². The first kappa shape index (κ1) is 13.4. The third kappa shape index (κ3) is 3.17. The van der Waals surface area contributed by atoms with E-state index in [0.717, 1.165) is 0 Å². The van der Waals surface area contributed by atoms with Crippen LogP contribution in [0.4, 0.5) is 5.69 Å². The number of carbonyl (C=O) groups is 1. The van der Waals surface area contributed by atoms with Crippen molar-refractivity contribution in [2.24, 2.45) is 0 Å². The van der Waals surface area contributed by atoms with Gasteiger partial charge in [-0.05, 0) is 28.7 Å². The van der Waals surface area contributed by atoms with Crippen LogP contribution in [0.2, 0.25) is 0 Å². The normalized spacial score (nSPS) is 9.47. The molecule has 6 heteroatoms. The number of nitrogens with zero attached hydrogens (tertiary/aromatic N) is 2. The fraction of sp³-hybridized carbons (Fsp3) is 0.182. The molecule has 17 heavy (non-hydrogen) atoms. The topological polar surface area (TPSA) is 63.5 Å². The SMILES string of the molecule is C#CCN(C)C(=O)c1cc([N+](=O)[O-])ccc1I. The molecule has 0 aliphatic carbocycles. The number of benzene rings is 1. The lowest BCUT2D eigenvalue weighted by molar-refractivity contribution is -0.384. The maximum absolute atomic E-state index is 11.9. The number of rotatable bonds is 3. The maximum atomic E-state index is 11.9. The summed E-state index contributed by atoms with van der Waals surface area (Å²) in [5.74, 6) is 2.02. The van der Waals surface area contributed by atoms with Crippen LogP contribution in [0.25, 0.3) is 0 Å². The molecule has 1 amide bonds. The molecule has 1 rings (SSSR count). The van der Waals surface area contributed by atoms with Gasteiger partial charge >= 0.3 is 0 Å². The highest BCUT2D eigenvalue weighted by molar-refractivity contribution is 14.1. The molecular formula is C11H9IN2O3. The number of hydrogen-bond donors (Lipinski definition) is 0. The van der Waals surface area contributed by atoms with Gasteiger partial charge in [0.2, 0.25) is 0 Å². The number of non-ortho nitro benzene ring substituents is 1. The second-order valence-corrected chi connectivity index (χ2v) is 4.45. The highest BCUT2D eigenvalue weighted by Gasteiger charge is 2.17. The van der Waals surface area contributed by atoms with Crippen molar-refractivity contribution < 1.29 is 9.72 Å². The molecule has 0 heterocycles. The van der Waals surface area contributed by atoms with E-state index < -0.39 is 4.92 Å². The Morgan fingerprint density at radius 3 is 2.82 bits per heavy atom. The van der Waals surface area contributed by atoms with Crippen molar-refractivity contribution in [1.82, 2.24) is 4.90 Å². The Morgan fingerprint density at radius 1 is 1.65 bits per heavy atom. The van der Waals surface area contributed by atoms with Gasteiger partial charge in [-0.2, -0.15) is 0 Å².